The smallest absolute Gasteiger partial charge is 0.235 e. The zero-order valence-electron chi connectivity index (χ0n) is 13.5. The monoisotopic (exact) mass is 337 g/mol. The van der Waals surface area contributed by atoms with Crippen molar-refractivity contribution in [2.45, 2.75) is 12.2 Å². The number of carbonyl (C=O) groups excluding carboxylic acids is 2. The van der Waals surface area contributed by atoms with Crippen LogP contribution in [0.15, 0.2) is 24.3 Å². The van der Waals surface area contributed by atoms with Crippen molar-refractivity contribution in [3.05, 3.63) is 24.3 Å². The third-order valence-corrected chi connectivity index (χ3v) is 4.75. The van der Waals surface area contributed by atoms with Crippen LogP contribution in [0, 0.1) is 0 Å². The molecule has 126 valence electrons. The van der Waals surface area contributed by atoms with Crippen molar-refractivity contribution in [3.63, 3.8) is 0 Å². The quantitative estimate of drug-likeness (QED) is 0.816. The van der Waals surface area contributed by atoms with E-state index in [1.54, 1.807) is 31.4 Å². The maximum Gasteiger partial charge on any atom is 0.235 e. The lowest BCUT2D eigenvalue weighted by Crippen LogP contribution is -2.48. The second kappa shape index (κ2) is 8.79. The van der Waals surface area contributed by atoms with Crippen LogP contribution in [-0.4, -0.2) is 61.0 Å². The van der Waals surface area contributed by atoms with Crippen molar-refractivity contribution < 1.29 is 14.3 Å². The topological polar surface area (TPSA) is 70.7 Å². The fraction of sp³-hybridized carbons (Fsp3) is 0.500. The van der Waals surface area contributed by atoms with Gasteiger partial charge in [-0.25, -0.2) is 0 Å². The second-order valence-electron chi connectivity index (χ2n) is 5.31. The SMILES string of the molecule is COc1ccc(NC(=O)CSC(C)C(=O)N2CCNCC2)cc1. The van der Waals surface area contributed by atoms with Gasteiger partial charge >= 0.3 is 0 Å². The normalized spacial score (nSPS) is 15.8. The lowest BCUT2D eigenvalue weighted by molar-refractivity contribution is -0.130. The van der Waals surface area contributed by atoms with Crippen LogP contribution in [0.25, 0.3) is 0 Å². The van der Waals surface area contributed by atoms with E-state index in [2.05, 4.69) is 10.6 Å². The van der Waals surface area contributed by atoms with E-state index in [-0.39, 0.29) is 22.8 Å². The van der Waals surface area contributed by atoms with Crippen molar-refractivity contribution in [2.24, 2.45) is 0 Å². The van der Waals surface area contributed by atoms with Crippen molar-refractivity contribution in [1.29, 1.82) is 0 Å². The zero-order chi connectivity index (χ0) is 16.7. The molecular formula is C16H23N3O3S. The third kappa shape index (κ3) is 5.44. The fourth-order valence-corrected chi connectivity index (χ4v) is 3.05. The molecule has 1 unspecified atom stereocenters. The number of nitrogens with zero attached hydrogens (tertiary/aromatic N) is 1. The van der Waals surface area contributed by atoms with E-state index in [0.29, 0.717) is 0 Å². The van der Waals surface area contributed by atoms with Crippen LogP contribution in [-0.2, 0) is 9.59 Å². The van der Waals surface area contributed by atoms with E-state index in [4.69, 9.17) is 4.74 Å². The maximum absolute atomic E-state index is 12.3. The summed E-state index contributed by atoms with van der Waals surface area (Å²) >= 11 is 1.36. The number of benzene rings is 1. The van der Waals surface area contributed by atoms with Gasteiger partial charge in [0.25, 0.3) is 0 Å². The molecule has 1 aromatic rings. The Kier molecular flexibility index (Phi) is 6.73. The van der Waals surface area contributed by atoms with Gasteiger partial charge in [0, 0.05) is 31.9 Å². The number of hydrogen-bond acceptors (Lipinski definition) is 5. The molecule has 0 spiro atoms. The number of amides is 2. The molecular weight excluding hydrogens is 314 g/mol. The highest BCUT2D eigenvalue weighted by Gasteiger charge is 2.22. The van der Waals surface area contributed by atoms with Crippen LogP contribution in [0.5, 0.6) is 5.75 Å². The molecule has 1 saturated heterocycles. The van der Waals surface area contributed by atoms with Crippen molar-refractivity contribution >= 4 is 29.3 Å². The van der Waals surface area contributed by atoms with E-state index in [1.807, 2.05) is 11.8 Å². The lowest BCUT2D eigenvalue weighted by Gasteiger charge is -2.29. The number of hydrogen-bond donors (Lipinski definition) is 2. The summed E-state index contributed by atoms with van der Waals surface area (Å²) in [6.45, 7) is 5.00. The largest absolute Gasteiger partial charge is 0.497 e. The summed E-state index contributed by atoms with van der Waals surface area (Å²) < 4.78 is 5.07. The maximum atomic E-state index is 12.3. The van der Waals surface area contributed by atoms with Gasteiger partial charge in [0.1, 0.15) is 5.75 Å². The Labute approximate surface area is 140 Å². The highest BCUT2D eigenvalue weighted by atomic mass is 32.2. The first-order chi connectivity index (χ1) is 11.1. The Morgan fingerprint density at radius 2 is 1.96 bits per heavy atom. The summed E-state index contributed by atoms with van der Waals surface area (Å²) in [5.74, 6) is 0.992. The second-order valence-corrected chi connectivity index (χ2v) is 6.63. The number of nitrogens with one attached hydrogen (secondary N) is 2. The molecule has 2 N–H and O–H groups in total. The van der Waals surface area contributed by atoms with Gasteiger partial charge in [0.15, 0.2) is 0 Å². The Balaban J connectivity index is 1.75. The van der Waals surface area contributed by atoms with Crippen LogP contribution in [0.2, 0.25) is 0 Å². The molecule has 0 aromatic heterocycles. The van der Waals surface area contributed by atoms with Gasteiger partial charge in [-0.3, -0.25) is 9.59 Å². The first-order valence-corrected chi connectivity index (χ1v) is 8.70. The third-order valence-electron chi connectivity index (χ3n) is 3.61. The minimum Gasteiger partial charge on any atom is -0.497 e. The predicted octanol–water partition coefficient (Wildman–Crippen LogP) is 1.19. The number of ether oxygens (including phenoxy) is 1. The molecule has 7 heteroatoms. The van der Waals surface area contributed by atoms with E-state index >= 15 is 0 Å². The molecule has 2 amide bonds. The molecule has 0 saturated carbocycles. The predicted molar refractivity (Wildman–Crippen MR) is 93.0 cm³/mol. The summed E-state index contributed by atoms with van der Waals surface area (Å²) in [4.78, 5) is 26.1. The number of rotatable bonds is 6. The van der Waals surface area contributed by atoms with E-state index < -0.39 is 0 Å². The van der Waals surface area contributed by atoms with Gasteiger partial charge in [-0.05, 0) is 31.2 Å². The summed E-state index contributed by atoms with van der Waals surface area (Å²) in [6, 6.07) is 7.16. The van der Waals surface area contributed by atoms with E-state index in [1.165, 1.54) is 11.8 Å². The number of thioether (sulfide) groups is 1. The van der Waals surface area contributed by atoms with Crippen LogP contribution in [0.3, 0.4) is 0 Å². The molecule has 0 radical (unpaired) electrons. The van der Waals surface area contributed by atoms with Gasteiger partial charge in [-0.2, -0.15) is 0 Å². The molecule has 1 atom stereocenters. The molecule has 23 heavy (non-hydrogen) atoms. The van der Waals surface area contributed by atoms with Gasteiger partial charge in [0.05, 0.1) is 18.1 Å². The van der Waals surface area contributed by atoms with E-state index in [9.17, 15) is 9.59 Å². The minimum absolute atomic E-state index is 0.105. The first-order valence-electron chi connectivity index (χ1n) is 7.65. The zero-order valence-corrected chi connectivity index (χ0v) is 14.3. The molecule has 2 rings (SSSR count). The molecule has 1 aromatic carbocycles. The van der Waals surface area contributed by atoms with E-state index in [0.717, 1.165) is 37.6 Å². The van der Waals surface area contributed by atoms with Crippen LogP contribution in [0.4, 0.5) is 5.69 Å². The lowest BCUT2D eigenvalue weighted by atomic mass is 10.3. The number of methoxy groups -OCH3 is 1. The highest BCUT2D eigenvalue weighted by Crippen LogP contribution is 2.17. The molecule has 1 heterocycles. The summed E-state index contributed by atoms with van der Waals surface area (Å²) in [7, 11) is 1.60. The molecule has 1 aliphatic heterocycles. The standard InChI is InChI=1S/C16H23N3O3S/c1-12(16(21)19-9-7-17-8-10-19)23-11-15(20)18-13-3-5-14(22-2)6-4-13/h3-6,12,17H,7-11H2,1-2H3,(H,18,20). The van der Waals surface area contributed by atoms with Crippen molar-refractivity contribution in [1.82, 2.24) is 10.2 Å². The van der Waals surface area contributed by atoms with Crippen LogP contribution >= 0.6 is 11.8 Å². The van der Waals surface area contributed by atoms with Crippen LogP contribution in [0.1, 0.15) is 6.92 Å². The van der Waals surface area contributed by atoms with Crippen molar-refractivity contribution in [3.8, 4) is 5.75 Å². The van der Waals surface area contributed by atoms with Gasteiger partial charge in [0.2, 0.25) is 11.8 Å². The molecule has 6 nitrogen and oxygen atoms in total. The number of piperazine rings is 1. The van der Waals surface area contributed by atoms with Gasteiger partial charge < -0.3 is 20.3 Å². The highest BCUT2D eigenvalue weighted by molar-refractivity contribution is 8.01. The number of anilines is 1. The molecule has 0 aliphatic carbocycles. The van der Waals surface area contributed by atoms with Crippen molar-refractivity contribution in [2.75, 3.05) is 44.4 Å². The summed E-state index contributed by atoms with van der Waals surface area (Å²) in [5.41, 5.74) is 0.720. The van der Waals surface area contributed by atoms with Crippen LogP contribution < -0.4 is 15.4 Å². The fourth-order valence-electron chi connectivity index (χ4n) is 2.29. The Bertz CT molecular complexity index is 530. The molecule has 0 bridgehead atoms. The summed E-state index contributed by atoms with van der Waals surface area (Å²) in [5, 5.41) is 5.82. The first kappa shape index (κ1) is 17.6. The Hall–Kier alpha value is -1.73. The Morgan fingerprint density at radius 1 is 1.30 bits per heavy atom. The average molecular weight is 337 g/mol. The van der Waals surface area contributed by atoms with Gasteiger partial charge in [-0.1, -0.05) is 0 Å². The summed E-state index contributed by atoms with van der Waals surface area (Å²) in [6.07, 6.45) is 0. The van der Waals surface area contributed by atoms with Gasteiger partial charge in [-0.15, -0.1) is 11.8 Å². The Morgan fingerprint density at radius 3 is 2.57 bits per heavy atom. The average Bonchev–Trinajstić information content (AvgIpc) is 2.60. The molecule has 1 fully saturated rings. The minimum atomic E-state index is -0.213. The molecule has 1 aliphatic rings. The number of carbonyl (C=O) groups is 2.